The lowest BCUT2D eigenvalue weighted by Gasteiger charge is -2.28. The topological polar surface area (TPSA) is 137 Å². The van der Waals surface area contributed by atoms with Crippen molar-refractivity contribution in [2.24, 2.45) is 23.5 Å². The van der Waals surface area contributed by atoms with E-state index in [1.807, 2.05) is 42.5 Å². The first-order valence-corrected chi connectivity index (χ1v) is 11.2. The zero-order chi connectivity index (χ0) is 23.8. The third kappa shape index (κ3) is 6.38. The standard InChI is InChI=1S/C26H33N5O2/c1-17-7-5-6-10-20(17)21(13-14-27)25(32)31-19-11-12-23(28)22(15-19)24(29)26(33)30-16-18-8-3-2-4-9-18/h2-12,15,17,20-21,26,29-30,33H,13-14,16,27-28H2,1H3,(H,31,32). The molecule has 2 aromatic rings. The molecule has 33 heavy (non-hydrogen) atoms. The fraction of sp³-hybridized carbons (Fsp3) is 0.308. The molecule has 2 aromatic carbocycles. The summed E-state index contributed by atoms with van der Waals surface area (Å²) in [5, 5.41) is 24.8. The number of carbonyl (C=O) groups is 1. The molecule has 0 aliphatic heterocycles. The van der Waals surface area contributed by atoms with Crippen LogP contribution in [0.2, 0.25) is 0 Å². The average molecular weight is 448 g/mol. The molecule has 1 amide bonds. The van der Waals surface area contributed by atoms with Gasteiger partial charge in [0.2, 0.25) is 5.91 Å². The summed E-state index contributed by atoms with van der Waals surface area (Å²) in [5.41, 5.74) is 14.1. The normalized spacial score (nSPS) is 19.1. The first-order chi connectivity index (χ1) is 15.9. The van der Waals surface area contributed by atoms with Crippen molar-refractivity contribution in [1.82, 2.24) is 5.32 Å². The highest BCUT2D eigenvalue weighted by atomic mass is 16.3. The largest absolute Gasteiger partial charge is 0.398 e. The van der Waals surface area contributed by atoms with Gasteiger partial charge in [0.15, 0.2) is 0 Å². The van der Waals surface area contributed by atoms with Crippen LogP contribution in [0.1, 0.15) is 24.5 Å². The zero-order valence-electron chi connectivity index (χ0n) is 18.9. The molecule has 174 valence electrons. The Morgan fingerprint density at radius 2 is 1.88 bits per heavy atom. The smallest absolute Gasteiger partial charge is 0.228 e. The van der Waals surface area contributed by atoms with Gasteiger partial charge in [-0.05, 0) is 48.6 Å². The number of nitrogens with two attached hydrogens (primary N) is 2. The molecule has 7 nitrogen and oxygen atoms in total. The predicted molar refractivity (Wildman–Crippen MR) is 134 cm³/mol. The molecular formula is C26H33N5O2. The summed E-state index contributed by atoms with van der Waals surface area (Å²) in [6.07, 6.45) is 7.47. The van der Waals surface area contributed by atoms with E-state index in [4.69, 9.17) is 16.9 Å². The van der Waals surface area contributed by atoms with Crippen LogP contribution in [0, 0.1) is 23.2 Å². The van der Waals surface area contributed by atoms with Gasteiger partial charge in [0, 0.05) is 29.4 Å². The molecule has 0 spiro atoms. The number of nitrogens with one attached hydrogen (secondary N) is 3. The van der Waals surface area contributed by atoms with E-state index in [1.165, 1.54) is 0 Å². The van der Waals surface area contributed by atoms with Crippen molar-refractivity contribution in [2.75, 3.05) is 17.6 Å². The maximum Gasteiger partial charge on any atom is 0.228 e. The second kappa shape index (κ2) is 11.6. The molecule has 3 rings (SSSR count). The lowest BCUT2D eigenvalue weighted by Crippen LogP contribution is -2.36. The van der Waals surface area contributed by atoms with Crippen LogP contribution in [0.3, 0.4) is 0 Å². The first-order valence-electron chi connectivity index (χ1n) is 11.2. The van der Waals surface area contributed by atoms with Gasteiger partial charge in [-0.2, -0.15) is 0 Å². The van der Waals surface area contributed by atoms with Crippen molar-refractivity contribution in [1.29, 1.82) is 5.41 Å². The molecule has 4 atom stereocenters. The van der Waals surface area contributed by atoms with Gasteiger partial charge >= 0.3 is 0 Å². The van der Waals surface area contributed by atoms with E-state index in [0.29, 0.717) is 36.4 Å². The number of benzene rings is 2. The van der Waals surface area contributed by atoms with Crippen LogP contribution in [0.25, 0.3) is 0 Å². The molecule has 4 unspecified atom stereocenters. The monoisotopic (exact) mass is 447 g/mol. The second-order valence-electron chi connectivity index (χ2n) is 8.36. The second-order valence-corrected chi connectivity index (χ2v) is 8.36. The van der Waals surface area contributed by atoms with Gasteiger partial charge in [0.1, 0.15) is 6.23 Å². The van der Waals surface area contributed by atoms with Crippen LogP contribution in [-0.2, 0) is 11.3 Å². The van der Waals surface area contributed by atoms with Crippen LogP contribution < -0.4 is 22.1 Å². The number of rotatable bonds is 10. The van der Waals surface area contributed by atoms with Gasteiger partial charge in [-0.3, -0.25) is 10.1 Å². The molecule has 0 bridgehead atoms. The number of aliphatic hydroxyl groups is 1. The highest BCUT2D eigenvalue weighted by molar-refractivity contribution is 6.06. The van der Waals surface area contributed by atoms with Crippen molar-refractivity contribution in [3.8, 4) is 0 Å². The number of allylic oxidation sites excluding steroid dienone is 4. The van der Waals surface area contributed by atoms with Gasteiger partial charge in [-0.1, -0.05) is 61.6 Å². The highest BCUT2D eigenvalue weighted by Gasteiger charge is 2.30. The molecule has 0 saturated heterocycles. The minimum Gasteiger partial charge on any atom is -0.398 e. The Balaban J connectivity index is 1.70. The Bertz CT molecular complexity index is 1020. The summed E-state index contributed by atoms with van der Waals surface area (Å²) in [7, 11) is 0. The molecule has 1 aliphatic carbocycles. The minimum absolute atomic E-state index is 0.0630. The maximum absolute atomic E-state index is 13.1. The van der Waals surface area contributed by atoms with E-state index in [1.54, 1.807) is 18.2 Å². The van der Waals surface area contributed by atoms with E-state index in [0.717, 1.165) is 5.56 Å². The zero-order valence-corrected chi connectivity index (χ0v) is 18.9. The van der Waals surface area contributed by atoms with Crippen molar-refractivity contribution in [3.63, 3.8) is 0 Å². The Kier molecular flexibility index (Phi) is 8.54. The summed E-state index contributed by atoms with van der Waals surface area (Å²) < 4.78 is 0. The van der Waals surface area contributed by atoms with Crippen molar-refractivity contribution in [3.05, 3.63) is 84.0 Å². The molecule has 1 aliphatic rings. The van der Waals surface area contributed by atoms with Crippen LogP contribution in [-0.4, -0.2) is 29.5 Å². The highest BCUT2D eigenvalue weighted by Crippen LogP contribution is 2.30. The third-order valence-corrected chi connectivity index (χ3v) is 5.97. The van der Waals surface area contributed by atoms with E-state index in [2.05, 4.69) is 29.7 Å². The lowest BCUT2D eigenvalue weighted by atomic mass is 9.78. The maximum atomic E-state index is 13.1. The van der Waals surface area contributed by atoms with E-state index in [-0.39, 0.29) is 29.4 Å². The number of amides is 1. The lowest BCUT2D eigenvalue weighted by molar-refractivity contribution is -0.121. The average Bonchev–Trinajstić information content (AvgIpc) is 2.83. The fourth-order valence-corrected chi connectivity index (χ4v) is 4.08. The quantitative estimate of drug-likeness (QED) is 0.189. The summed E-state index contributed by atoms with van der Waals surface area (Å²) in [4.78, 5) is 13.1. The minimum atomic E-state index is -1.21. The van der Waals surface area contributed by atoms with Gasteiger partial charge in [-0.15, -0.1) is 0 Å². The van der Waals surface area contributed by atoms with Crippen LogP contribution in [0.15, 0.2) is 72.8 Å². The summed E-state index contributed by atoms with van der Waals surface area (Å²) in [6, 6.07) is 14.6. The number of carbonyl (C=O) groups excluding carboxylic acids is 1. The first kappa shape index (κ1) is 24.4. The molecule has 7 heteroatoms. The molecular weight excluding hydrogens is 414 g/mol. The van der Waals surface area contributed by atoms with E-state index < -0.39 is 6.23 Å². The Morgan fingerprint density at radius 1 is 1.15 bits per heavy atom. The van der Waals surface area contributed by atoms with E-state index in [9.17, 15) is 9.90 Å². The van der Waals surface area contributed by atoms with Gasteiger partial charge in [-0.25, -0.2) is 0 Å². The van der Waals surface area contributed by atoms with Crippen molar-refractivity contribution >= 4 is 23.0 Å². The molecule has 0 saturated carbocycles. The van der Waals surface area contributed by atoms with Crippen LogP contribution >= 0.6 is 0 Å². The molecule has 0 radical (unpaired) electrons. The molecule has 0 fully saturated rings. The fourth-order valence-electron chi connectivity index (χ4n) is 4.08. The van der Waals surface area contributed by atoms with E-state index >= 15 is 0 Å². The molecule has 0 heterocycles. The third-order valence-electron chi connectivity index (χ3n) is 5.97. The van der Waals surface area contributed by atoms with Gasteiger partial charge in [0.25, 0.3) is 0 Å². The number of aliphatic hydroxyl groups excluding tert-OH is 1. The Morgan fingerprint density at radius 3 is 2.58 bits per heavy atom. The Hall–Kier alpha value is -3.26. The van der Waals surface area contributed by atoms with Gasteiger partial charge < -0.3 is 27.3 Å². The number of hydrogen-bond donors (Lipinski definition) is 6. The summed E-state index contributed by atoms with van der Waals surface area (Å²) in [6.45, 7) is 2.91. The number of nitrogen functional groups attached to an aromatic ring is 1. The Labute approximate surface area is 195 Å². The number of hydrogen-bond acceptors (Lipinski definition) is 6. The predicted octanol–water partition coefficient (Wildman–Crippen LogP) is 3.03. The molecule has 0 aromatic heterocycles. The number of anilines is 2. The van der Waals surface area contributed by atoms with Crippen molar-refractivity contribution < 1.29 is 9.90 Å². The molecule has 8 N–H and O–H groups in total. The van der Waals surface area contributed by atoms with Crippen LogP contribution in [0.5, 0.6) is 0 Å². The SMILES string of the molecule is CC1C=CC=CC1C(CCN)C(=O)Nc1ccc(N)c(C(=N)C(O)NCc2ccccc2)c1. The van der Waals surface area contributed by atoms with Gasteiger partial charge in [0.05, 0.1) is 5.71 Å². The van der Waals surface area contributed by atoms with Crippen LogP contribution in [0.4, 0.5) is 11.4 Å². The van der Waals surface area contributed by atoms with Crippen molar-refractivity contribution in [2.45, 2.75) is 26.1 Å². The summed E-state index contributed by atoms with van der Waals surface area (Å²) >= 11 is 0. The summed E-state index contributed by atoms with van der Waals surface area (Å²) in [5.74, 6) is -0.0977.